The van der Waals surface area contributed by atoms with E-state index in [1.807, 2.05) is 0 Å². The zero-order valence-corrected chi connectivity index (χ0v) is 5.86. The van der Waals surface area contributed by atoms with Gasteiger partial charge in [0.05, 0.1) is 11.7 Å². The van der Waals surface area contributed by atoms with E-state index < -0.39 is 18.8 Å². The zero-order valence-electron chi connectivity index (χ0n) is 5.86. The van der Waals surface area contributed by atoms with E-state index in [0.717, 1.165) is 0 Å². The van der Waals surface area contributed by atoms with Gasteiger partial charge in [-0.3, -0.25) is 0 Å². The number of hydrogen-bond acceptors (Lipinski definition) is 1. The summed E-state index contributed by atoms with van der Waals surface area (Å²) < 4.78 is 29.3. The molecule has 0 bridgehead atoms. The monoisotopic (exact) mass is 148 g/mol. The van der Waals surface area contributed by atoms with E-state index in [-0.39, 0.29) is 6.61 Å². The Morgan fingerprint density at radius 3 is 2.40 bits per heavy atom. The number of ether oxygens (including phenoxy) is 1. The molecule has 0 unspecified atom stereocenters. The van der Waals surface area contributed by atoms with Crippen molar-refractivity contribution < 1.29 is 13.5 Å². The maximum absolute atomic E-state index is 12.2. The summed E-state index contributed by atoms with van der Waals surface area (Å²) in [5.74, 6) is 0. The molecule has 1 aliphatic rings. The lowest BCUT2D eigenvalue weighted by atomic mass is 9.86. The molecule has 0 fully saturated rings. The molecule has 3 heteroatoms. The first-order valence-corrected chi connectivity index (χ1v) is 3.16. The van der Waals surface area contributed by atoms with Gasteiger partial charge in [-0.15, -0.1) is 0 Å². The van der Waals surface area contributed by atoms with E-state index in [1.165, 1.54) is 6.26 Å². The molecule has 0 aromatic heterocycles. The first kappa shape index (κ1) is 7.51. The van der Waals surface area contributed by atoms with Gasteiger partial charge in [0.25, 0.3) is 0 Å². The van der Waals surface area contributed by atoms with Gasteiger partial charge in [-0.1, -0.05) is 0 Å². The van der Waals surface area contributed by atoms with Gasteiger partial charge in [-0.25, -0.2) is 8.78 Å². The summed E-state index contributed by atoms with van der Waals surface area (Å²) in [4.78, 5) is 0. The van der Waals surface area contributed by atoms with Crippen LogP contribution < -0.4 is 0 Å². The lowest BCUT2D eigenvalue weighted by molar-refractivity contribution is 0.122. The van der Waals surface area contributed by atoms with Crippen LogP contribution in [-0.2, 0) is 4.74 Å². The SMILES string of the molecule is CC1=COCC1(CF)CF. The standard InChI is InChI=1S/C7H10F2O/c1-6-2-10-5-7(6,3-8)4-9/h2H,3-5H2,1H3. The van der Waals surface area contributed by atoms with E-state index in [2.05, 4.69) is 0 Å². The van der Waals surface area contributed by atoms with Crippen molar-refractivity contribution in [3.8, 4) is 0 Å². The van der Waals surface area contributed by atoms with E-state index in [4.69, 9.17) is 4.74 Å². The highest BCUT2D eigenvalue weighted by molar-refractivity contribution is 5.14. The molecule has 0 atom stereocenters. The molecule has 0 aromatic carbocycles. The summed E-state index contributed by atoms with van der Waals surface area (Å²) in [6.45, 7) is 0.482. The van der Waals surface area contributed by atoms with E-state index in [9.17, 15) is 8.78 Å². The van der Waals surface area contributed by atoms with Gasteiger partial charge < -0.3 is 4.74 Å². The fourth-order valence-electron chi connectivity index (χ4n) is 0.889. The number of rotatable bonds is 2. The number of hydrogen-bond donors (Lipinski definition) is 0. The minimum Gasteiger partial charge on any atom is -0.500 e. The van der Waals surface area contributed by atoms with Crippen LogP contribution in [0.15, 0.2) is 11.8 Å². The Kier molecular flexibility index (Phi) is 1.92. The third-order valence-corrected chi connectivity index (χ3v) is 1.97. The zero-order chi connectivity index (χ0) is 7.61. The second-order valence-corrected chi connectivity index (χ2v) is 2.66. The normalized spacial score (nSPS) is 22.1. The molecule has 10 heavy (non-hydrogen) atoms. The highest BCUT2D eigenvalue weighted by atomic mass is 19.1. The molecule has 1 heterocycles. The average molecular weight is 148 g/mol. The number of alkyl halides is 2. The van der Waals surface area contributed by atoms with Crippen molar-refractivity contribution in [2.75, 3.05) is 20.0 Å². The predicted molar refractivity (Wildman–Crippen MR) is 34.1 cm³/mol. The van der Waals surface area contributed by atoms with Crippen LogP contribution >= 0.6 is 0 Å². The summed E-state index contributed by atoms with van der Waals surface area (Å²) in [7, 11) is 0. The molecule has 1 aliphatic heterocycles. The smallest absolute Gasteiger partial charge is 0.105 e. The van der Waals surface area contributed by atoms with E-state index in [1.54, 1.807) is 6.92 Å². The molecule has 0 aromatic rings. The van der Waals surface area contributed by atoms with Crippen LogP contribution in [0.2, 0.25) is 0 Å². The highest BCUT2D eigenvalue weighted by Crippen LogP contribution is 2.33. The van der Waals surface area contributed by atoms with Gasteiger partial charge in [0, 0.05) is 0 Å². The fourth-order valence-corrected chi connectivity index (χ4v) is 0.889. The van der Waals surface area contributed by atoms with Crippen LogP contribution in [-0.4, -0.2) is 20.0 Å². The van der Waals surface area contributed by atoms with Crippen LogP contribution in [0.25, 0.3) is 0 Å². The van der Waals surface area contributed by atoms with Crippen molar-refractivity contribution in [1.29, 1.82) is 0 Å². The molecule has 0 saturated heterocycles. The van der Waals surface area contributed by atoms with Crippen LogP contribution in [0, 0.1) is 5.41 Å². The Morgan fingerprint density at radius 2 is 2.20 bits per heavy atom. The van der Waals surface area contributed by atoms with Crippen molar-refractivity contribution in [2.45, 2.75) is 6.92 Å². The quantitative estimate of drug-likeness (QED) is 0.580. The van der Waals surface area contributed by atoms with Gasteiger partial charge in [-0.2, -0.15) is 0 Å². The Balaban J connectivity index is 2.74. The third-order valence-electron chi connectivity index (χ3n) is 1.97. The molecule has 0 radical (unpaired) electrons. The topological polar surface area (TPSA) is 9.23 Å². The van der Waals surface area contributed by atoms with Crippen LogP contribution in [0.4, 0.5) is 8.78 Å². The van der Waals surface area contributed by atoms with Crippen molar-refractivity contribution >= 4 is 0 Å². The molecule has 58 valence electrons. The molecule has 0 spiro atoms. The first-order chi connectivity index (χ1) is 4.75. The maximum Gasteiger partial charge on any atom is 0.105 e. The maximum atomic E-state index is 12.2. The molecule has 1 rings (SSSR count). The summed E-state index contributed by atoms with van der Waals surface area (Å²) in [5.41, 5.74) is -0.294. The van der Waals surface area contributed by atoms with Crippen LogP contribution in [0.1, 0.15) is 6.92 Å². The minimum atomic E-state index is -0.958. The van der Waals surface area contributed by atoms with Gasteiger partial charge >= 0.3 is 0 Å². The highest BCUT2D eigenvalue weighted by Gasteiger charge is 2.37. The second kappa shape index (κ2) is 2.56. The van der Waals surface area contributed by atoms with Crippen molar-refractivity contribution in [3.05, 3.63) is 11.8 Å². The molecule has 0 aliphatic carbocycles. The predicted octanol–water partition coefficient (Wildman–Crippen LogP) is 1.85. The Bertz CT molecular complexity index is 150. The van der Waals surface area contributed by atoms with Gasteiger partial charge in [-0.05, 0) is 12.5 Å². The van der Waals surface area contributed by atoms with Crippen molar-refractivity contribution in [3.63, 3.8) is 0 Å². The first-order valence-electron chi connectivity index (χ1n) is 3.16. The van der Waals surface area contributed by atoms with Crippen molar-refractivity contribution in [2.24, 2.45) is 5.41 Å². The molecular weight excluding hydrogens is 138 g/mol. The molecular formula is C7H10F2O. The fraction of sp³-hybridized carbons (Fsp3) is 0.714. The van der Waals surface area contributed by atoms with Crippen molar-refractivity contribution in [1.82, 2.24) is 0 Å². The third kappa shape index (κ3) is 0.895. The summed E-state index contributed by atoms with van der Waals surface area (Å²) in [5, 5.41) is 0. The Hall–Kier alpha value is -0.600. The van der Waals surface area contributed by atoms with Gasteiger partial charge in [0.15, 0.2) is 0 Å². The summed E-state index contributed by atoms with van der Waals surface area (Å²) in [6.07, 6.45) is 1.43. The second-order valence-electron chi connectivity index (χ2n) is 2.66. The van der Waals surface area contributed by atoms with E-state index in [0.29, 0.717) is 5.57 Å². The Morgan fingerprint density at radius 1 is 1.60 bits per heavy atom. The minimum absolute atomic E-state index is 0.145. The largest absolute Gasteiger partial charge is 0.500 e. The summed E-state index contributed by atoms with van der Waals surface area (Å²) >= 11 is 0. The lowest BCUT2D eigenvalue weighted by Crippen LogP contribution is -2.28. The van der Waals surface area contributed by atoms with E-state index >= 15 is 0 Å². The number of halogens is 2. The summed E-state index contributed by atoms with van der Waals surface area (Å²) in [6, 6.07) is 0. The molecule has 0 amide bonds. The molecule has 0 saturated carbocycles. The Labute approximate surface area is 58.7 Å². The van der Waals surface area contributed by atoms with Gasteiger partial charge in [0.1, 0.15) is 20.0 Å². The lowest BCUT2D eigenvalue weighted by Gasteiger charge is -2.20. The average Bonchev–Trinajstić information content (AvgIpc) is 2.32. The molecule has 1 nitrogen and oxygen atoms in total. The van der Waals surface area contributed by atoms with Gasteiger partial charge in [0.2, 0.25) is 0 Å². The van der Waals surface area contributed by atoms with Crippen LogP contribution in [0.3, 0.4) is 0 Å². The molecule has 0 N–H and O–H groups in total. The van der Waals surface area contributed by atoms with Crippen LogP contribution in [0.5, 0.6) is 0 Å².